The van der Waals surface area contributed by atoms with Gasteiger partial charge >= 0.3 is 5.97 Å². The van der Waals surface area contributed by atoms with Crippen LogP contribution < -0.4 is 4.90 Å². The second kappa shape index (κ2) is 6.76. The number of aliphatic carboxylic acids is 1. The molecule has 1 amide bonds. The van der Waals surface area contributed by atoms with E-state index >= 15 is 0 Å². The smallest absolute Gasteiger partial charge is 0.323 e. The van der Waals surface area contributed by atoms with Crippen LogP contribution in [-0.4, -0.2) is 36.2 Å². The quantitative estimate of drug-likeness (QED) is 0.832. The van der Waals surface area contributed by atoms with Crippen LogP contribution in [0.2, 0.25) is 0 Å². The molecular weight excluding hydrogens is 234 g/mol. The van der Waals surface area contributed by atoms with E-state index in [-0.39, 0.29) is 12.5 Å². The maximum absolute atomic E-state index is 12.1. The average Bonchev–Trinajstić information content (AvgIpc) is 2.36. The molecule has 1 aromatic carbocycles. The highest BCUT2D eigenvalue weighted by atomic mass is 16.5. The standard InChI is InChI=1S/C13H17NO4/c1-3-18-10(2)13(17)14(9-12(15)16)11-7-5-4-6-8-11/h4-8,10H,3,9H2,1-2H3,(H,15,16). The molecular formula is C13H17NO4. The highest BCUT2D eigenvalue weighted by Gasteiger charge is 2.24. The summed E-state index contributed by atoms with van der Waals surface area (Å²) >= 11 is 0. The van der Waals surface area contributed by atoms with Gasteiger partial charge in [-0.3, -0.25) is 14.5 Å². The van der Waals surface area contributed by atoms with Gasteiger partial charge in [0.15, 0.2) is 0 Å². The van der Waals surface area contributed by atoms with Crippen LogP contribution in [0.25, 0.3) is 0 Å². The Morgan fingerprint density at radius 2 is 1.94 bits per heavy atom. The molecule has 0 heterocycles. The van der Waals surface area contributed by atoms with Gasteiger partial charge in [-0.05, 0) is 26.0 Å². The van der Waals surface area contributed by atoms with Crippen LogP contribution in [0, 0.1) is 0 Å². The van der Waals surface area contributed by atoms with Crippen molar-refractivity contribution in [2.75, 3.05) is 18.1 Å². The van der Waals surface area contributed by atoms with Crippen LogP contribution in [0.1, 0.15) is 13.8 Å². The summed E-state index contributed by atoms with van der Waals surface area (Å²) in [6.45, 7) is 3.43. The summed E-state index contributed by atoms with van der Waals surface area (Å²) in [4.78, 5) is 24.2. The summed E-state index contributed by atoms with van der Waals surface area (Å²) in [5, 5.41) is 8.87. The Balaban J connectivity index is 2.91. The van der Waals surface area contributed by atoms with E-state index in [0.717, 1.165) is 0 Å². The molecule has 1 N–H and O–H groups in total. The number of hydrogen-bond acceptors (Lipinski definition) is 3. The fourth-order valence-corrected chi connectivity index (χ4v) is 1.58. The second-order valence-electron chi connectivity index (χ2n) is 3.75. The van der Waals surface area contributed by atoms with Gasteiger partial charge in [0.2, 0.25) is 0 Å². The third-order valence-corrected chi connectivity index (χ3v) is 2.39. The molecule has 0 aromatic heterocycles. The number of nitrogens with zero attached hydrogens (tertiary/aromatic N) is 1. The van der Waals surface area contributed by atoms with Gasteiger partial charge in [0, 0.05) is 12.3 Å². The van der Waals surface area contributed by atoms with Gasteiger partial charge in [-0.2, -0.15) is 0 Å². The average molecular weight is 251 g/mol. The van der Waals surface area contributed by atoms with E-state index in [1.54, 1.807) is 44.2 Å². The first-order chi connectivity index (χ1) is 8.56. The Labute approximate surface area is 106 Å². The summed E-state index contributed by atoms with van der Waals surface area (Å²) < 4.78 is 5.20. The number of para-hydroxylation sites is 1. The monoisotopic (exact) mass is 251 g/mol. The Hall–Kier alpha value is -1.88. The molecule has 0 bridgehead atoms. The summed E-state index contributed by atoms with van der Waals surface area (Å²) in [5.74, 6) is -1.42. The summed E-state index contributed by atoms with van der Waals surface area (Å²) in [5.41, 5.74) is 0.552. The molecule has 0 aliphatic carbocycles. The van der Waals surface area contributed by atoms with E-state index in [9.17, 15) is 9.59 Å². The molecule has 5 nitrogen and oxygen atoms in total. The zero-order valence-corrected chi connectivity index (χ0v) is 10.5. The van der Waals surface area contributed by atoms with Crippen LogP contribution in [0.5, 0.6) is 0 Å². The number of anilines is 1. The van der Waals surface area contributed by atoms with Crippen LogP contribution in [0.3, 0.4) is 0 Å². The minimum absolute atomic E-state index is 0.356. The molecule has 0 saturated heterocycles. The van der Waals surface area contributed by atoms with E-state index < -0.39 is 12.1 Å². The van der Waals surface area contributed by atoms with Crippen molar-refractivity contribution in [2.45, 2.75) is 20.0 Å². The third kappa shape index (κ3) is 3.85. The Bertz CT molecular complexity index is 405. The molecule has 0 aliphatic rings. The van der Waals surface area contributed by atoms with Gasteiger partial charge in [-0.1, -0.05) is 18.2 Å². The predicted molar refractivity (Wildman–Crippen MR) is 67.5 cm³/mol. The molecule has 0 spiro atoms. The van der Waals surface area contributed by atoms with Gasteiger partial charge < -0.3 is 9.84 Å². The first-order valence-electron chi connectivity index (χ1n) is 5.76. The Morgan fingerprint density at radius 1 is 1.33 bits per heavy atom. The molecule has 1 rings (SSSR count). The number of hydrogen-bond donors (Lipinski definition) is 1. The SMILES string of the molecule is CCOC(C)C(=O)N(CC(=O)O)c1ccccc1. The molecule has 0 radical (unpaired) electrons. The largest absolute Gasteiger partial charge is 0.480 e. The number of carbonyl (C=O) groups excluding carboxylic acids is 1. The lowest BCUT2D eigenvalue weighted by atomic mass is 10.2. The number of ether oxygens (including phenoxy) is 1. The molecule has 5 heteroatoms. The lowest BCUT2D eigenvalue weighted by Crippen LogP contribution is -2.42. The molecule has 98 valence electrons. The van der Waals surface area contributed by atoms with Crippen LogP contribution >= 0.6 is 0 Å². The van der Waals surface area contributed by atoms with Gasteiger partial charge in [0.05, 0.1) is 0 Å². The van der Waals surface area contributed by atoms with Crippen molar-refractivity contribution in [1.29, 1.82) is 0 Å². The highest BCUT2D eigenvalue weighted by Crippen LogP contribution is 2.15. The maximum Gasteiger partial charge on any atom is 0.323 e. The van der Waals surface area contributed by atoms with Gasteiger partial charge in [0.1, 0.15) is 12.6 Å². The number of carbonyl (C=O) groups is 2. The van der Waals surface area contributed by atoms with Crippen molar-refractivity contribution in [2.24, 2.45) is 0 Å². The molecule has 0 aliphatic heterocycles. The molecule has 0 fully saturated rings. The lowest BCUT2D eigenvalue weighted by Gasteiger charge is -2.24. The summed E-state index contributed by atoms with van der Waals surface area (Å²) in [6, 6.07) is 8.70. The molecule has 1 unspecified atom stereocenters. The fourth-order valence-electron chi connectivity index (χ4n) is 1.58. The number of rotatable bonds is 6. The zero-order chi connectivity index (χ0) is 13.5. The van der Waals surface area contributed by atoms with E-state index in [0.29, 0.717) is 12.3 Å². The zero-order valence-electron chi connectivity index (χ0n) is 10.5. The van der Waals surface area contributed by atoms with Crippen LogP contribution in [0.4, 0.5) is 5.69 Å². The van der Waals surface area contributed by atoms with E-state index in [4.69, 9.17) is 9.84 Å². The molecule has 18 heavy (non-hydrogen) atoms. The Kier molecular flexibility index (Phi) is 5.32. The van der Waals surface area contributed by atoms with E-state index in [2.05, 4.69) is 0 Å². The first-order valence-corrected chi connectivity index (χ1v) is 5.76. The fraction of sp³-hybridized carbons (Fsp3) is 0.385. The molecule has 1 aromatic rings. The number of amides is 1. The summed E-state index contributed by atoms with van der Waals surface area (Å²) in [7, 11) is 0. The van der Waals surface area contributed by atoms with E-state index in [1.165, 1.54) is 4.90 Å². The minimum Gasteiger partial charge on any atom is -0.480 e. The van der Waals surface area contributed by atoms with Crippen molar-refractivity contribution in [3.05, 3.63) is 30.3 Å². The van der Waals surface area contributed by atoms with Crippen molar-refractivity contribution in [3.63, 3.8) is 0 Å². The normalized spacial score (nSPS) is 11.9. The van der Waals surface area contributed by atoms with Gasteiger partial charge in [0.25, 0.3) is 5.91 Å². The van der Waals surface area contributed by atoms with Crippen molar-refractivity contribution in [1.82, 2.24) is 0 Å². The first kappa shape index (κ1) is 14.2. The van der Waals surface area contributed by atoms with Crippen molar-refractivity contribution in [3.8, 4) is 0 Å². The lowest BCUT2D eigenvalue weighted by molar-refractivity contribution is -0.138. The van der Waals surface area contributed by atoms with E-state index in [1.807, 2.05) is 0 Å². The topological polar surface area (TPSA) is 66.8 Å². The third-order valence-electron chi connectivity index (χ3n) is 2.39. The van der Waals surface area contributed by atoms with Crippen molar-refractivity contribution < 1.29 is 19.4 Å². The Morgan fingerprint density at radius 3 is 2.44 bits per heavy atom. The maximum atomic E-state index is 12.1. The number of benzene rings is 1. The number of carboxylic acid groups (broad SMARTS) is 1. The number of carboxylic acids is 1. The minimum atomic E-state index is -1.06. The second-order valence-corrected chi connectivity index (χ2v) is 3.75. The van der Waals surface area contributed by atoms with Gasteiger partial charge in [-0.15, -0.1) is 0 Å². The predicted octanol–water partition coefficient (Wildman–Crippen LogP) is 1.53. The van der Waals surface area contributed by atoms with Crippen LogP contribution in [-0.2, 0) is 14.3 Å². The van der Waals surface area contributed by atoms with Gasteiger partial charge in [-0.25, -0.2) is 0 Å². The molecule has 1 atom stereocenters. The van der Waals surface area contributed by atoms with Crippen molar-refractivity contribution >= 4 is 17.6 Å². The van der Waals surface area contributed by atoms with Crippen LogP contribution in [0.15, 0.2) is 30.3 Å². The highest BCUT2D eigenvalue weighted by molar-refractivity contribution is 5.99. The summed E-state index contributed by atoms with van der Waals surface area (Å²) in [6.07, 6.45) is -0.658. The molecule has 0 saturated carbocycles.